The summed E-state index contributed by atoms with van der Waals surface area (Å²) in [5.74, 6) is -0.472. The van der Waals surface area contributed by atoms with E-state index in [0.717, 1.165) is 5.56 Å². The van der Waals surface area contributed by atoms with Gasteiger partial charge in [-0.1, -0.05) is 29.8 Å². The van der Waals surface area contributed by atoms with Gasteiger partial charge in [0.05, 0.1) is 12.5 Å². The Morgan fingerprint density at radius 1 is 1.43 bits per heavy atom. The van der Waals surface area contributed by atoms with E-state index in [1.807, 2.05) is 31.2 Å². The van der Waals surface area contributed by atoms with Crippen molar-refractivity contribution in [2.24, 2.45) is 5.92 Å². The van der Waals surface area contributed by atoms with Gasteiger partial charge in [-0.05, 0) is 19.4 Å². The monoisotopic (exact) mass is 290 g/mol. The van der Waals surface area contributed by atoms with Crippen LogP contribution in [0.4, 0.5) is 0 Å². The lowest BCUT2D eigenvalue weighted by atomic mass is 10.1. The predicted molar refractivity (Wildman–Crippen MR) is 79.4 cm³/mol. The normalized spacial score (nSPS) is 19.7. The van der Waals surface area contributed by atoms with Crippen LogP contribution >= 0.6 is 0 Å². The summed E-state index contributed by atoms with van der Waals surface area (Å²) in [4.78, 5) is 25.7. The van der Waals surface area contributed by atoms with Gasteiger partial charge in [0.2, 0.25) is 11.8 Å². The average molecular weight is 290 g/mol. The zero-order chi connectivity index (χ0) is 15.4. The summed E-state index contributed by atoms with van der Waals surface area (Å²) in [6.45, 7) is 4.64. The van der Waals surface area contributed by atoms with Gasteiger partial charge in [-0.25, -0.2) is 0 Å². The van der Waals surface area contributed by atoms with E-state index in [2.05, 4.69) is 5.32 Å². The molecule has 1 saturated heterocycles. The molecule has 0 aromatic heterocycles. The molecular weight excluding hydrogens is 268 g/mol. The van der Waals surface area contributed by atoms with E-state index >= 15 is 0 Å². The molecule has 1 aliphatic rings. The molecule has 1 aromatic rings. The third-order valence-electron chi connectivity index (χ3n) is 3.74. The lowest BCUT2D eigenvalue weighted by molar-refractivity contribution is -0.129. The number of nitrogens with one attached hydrogen (secondary N) is 1. The Morgan fingerprint density at radius 2 is 2.10 bits per heavy atom. The van der Waals surface area contributed by atoms with Gasteiger partial charge in [0.25, 0.3) is 0 Å². The van der Waals surface area contributed by atoms with Gasteiger partial charge in [0.1, 0.15) is 0 Å². The standard InChI is InChI=1S/C16H22N2O3/c1-11-3-5-13(6-4-11)8-18-9-14(7-15(18)20)16(21)17-12(2)10-19/h3-6,12,14,19H,7-10H2,1-2H3,(H,17,21). The SMILES string of the molecule is Cc1ccc(CN2CC(C(=O)NC(C)CO)CC2=O)cc1. The van der Waals surface area contributed by atoms with Gasteiger partial charge in [0.15, 0.2) is 0 Å². The molecule has 2 rings (SSSR count). The molecule has 0 radical (unpaired) electrons. The number of likely N-dealkylation sites (tertiary alicyclic amines) is 1. The first kappa shape index (κ1) is 15.5. The number of aryl methyl sites for hydroxylation is 1. The molecule has 1 heterocycles. The molecule has 1 aromatic carbocycles. The second-order valence-corrected chi connectivity index (χ2v) is 5.75. The quantitative estimate of drug-likeness (QED) is 0.844. The van der Waals surface area contributed by atoms with Crippen LogP contribution in [0.15, 0.2) is 24.3 Å². The molecule has 0 bridgehead atoms. The summed E-state index contributed by atoms with van der Waals surface area (Å²) >= 11 is 0. The molecule has 21 heavy (non-hydrogen) atoms. The Bertz CT molecular complexity index is 513. The first-order valence-electron chi connectivity index (χ1n) is 7.24. The predicted octanol–water partition coefficient (Wildman–Crippen LogP) is 0.841. The molecule has 5 nitrogen and oxygen atoms in total. The lowest BCUT2D eigenvalue weighted by Crippen LogP contribution is -2.40. The van der Waals surface area contributed by atoms with Crippen LogP contribution in [0.25, 0.3) is 0 Å². The van der Waals surface area contributed by atoms with Crippen molar-refractivity contribution in [1.82, 2.24) is 10.2 Å². The number of hydrogen-bond acceptors (Lipinski definition) is 3. The number of benzene rings is 1. The van der Waals surface area contributed by atoms with Crippen LogP contribution in [0.3, 0.4) is 0 Å². The topological polar surface area (TPSA) is 69.6 Å². The number of carbonyl (C=O) groups is 2. The number of aliphatic hydroxyl groups is 1. The van der Waals surface area contributed by atoms with Crippen molar-refractivity contribution in [2.45, 2.75) is 32.9 Å². The van der Waals surface area contributed by atoms with Crippen molar-refractivity contribution in [3.05, 3.63) is 35.4 Å². The van der Waals surface area contributed by atoms with Crippen LogP contribution in [0.5, 0.6) is 0 Å². The van der Waals surface area contributed by atoms with Crippen LogP contribution in [0.2, 0.25) is 0 Å². The molecule has 5 heteroatoms. The first-order chi connectivity index (χ1) is 9.99. The summed E-state index contributed by atoms with van der Waals surface area (Å²) in [6, 6.07) is 7.76. The molecule has 1 aliphatic heterocycles. The number of nitrogens with zero attached hydrogens (tertiary/aromatic N) is 1. The summed E-state index contributed by atoms with van der Waals surface area (Å²) in [6.07, 6.45) is 0.246. The van der Waals surface area contributed by atoms with E-state index in [1.54, 1.807) is 11.8 Å². The molecule has 2 amide bonds. The van der Waals surface area contributed by atoms with Crippen LogP contribution in [-0.4, -0.2) is 41.0 Å². The summed E-state index contributed by atoms with van der Waals surface area (Å²) in [5.41, 5.74) is 2.25. The Hall–Kier alpha value is -1.88. The highest BCUT2D eigenvalue weighted by molar-refractivity contribution is 5.89. The second kappa shape index (κ2) is 6.72. The van der Waals surface area contributed by atoms with Crippen LogP contribution in [-0.2, 0) is 16.1 Å². The van der Waals surface area contributed by atoms with E-state index in [4.69, 9.17) is 5.11 Å². The van der Waals surface area contributed by atoms with E-state index < -0.39 is 0 Å². The van der Waals surface area contributed by atoms with E-state index in [-0.39, 0.29) is 36.8 Å². The molecule has 2 atom stereocenters. The highest BCUT2D eigenvalue weighted by atomic mass is 16.3. The van der Waals surface area contributed by atoms with Crippen molar-refractivity contribution < 1.29 is 14.7 Å². The third kappa shape index (κ3) is 4.04. The maximum atomic E-state index is 12.0. The zero-order valence-corrected chi connectivity index (χ0v) is 12.5. The fourth-order valence-corrected chi connectivity index (χ4v) is 2.42. The Labute approximate surface area is 125 Å². The minimum atomic E-state index is -0.322. The molecular formula is C16H22N2O3. The van der Waals surface area contributed by atoms with E-state index in [1.165, 1.54) is 5.56 Å². The van der Waals surface area contributed by atoms with Crippen LogP contribution in [0, 0.1) is 12.8 Å². The summed E-state index contributed by atoms with van der Waals surface area (Å²) in [7, 11) is 0. The number of hydrogen-bond donors (Lipinski definition) is 2. The van der Waals surface area contributed by atoms with E-state index in [0.29, 0.717) is 13.1 Å². The third-order valence-corrected chi connectivity index (χ3v) is 3.74. The maximum absolute atomic E-state index is 12.0. The molecule has 0 saturated carbocycles. The molecule has 2 N–H and O–H groups in total. The zero-order valence-electron chi connectivity index (χ0n) is 12.5. The smallest absolute Gasteiger partial charge is 0.225 e. The van der Waals surface area contributed by atoms with Crippen molar-refractivity contribution in [2.75, 3.05) is 13.2 Å². The van der Waals surface area contributed by atoms with Gasteiger partial charge in [0, 0.05) is 25.6 Å². The molecule has 1 fully saturated rings. The number of aliphatic hydroxyl groups excluding tert-OH is 1. The largest absolute Gasteiger partial charge is 0.394 e. The first-order valence-corrected chi connectivity index (χ1v) is 7.24. The summed E-state index contributed by atoms with van der Waals surface area (Å²) < 4.78 is 0. The van der Waals surface area contributed by atoms with Crippen molar-refractivity contribution in [3.63, 3.8) is 0 Å². The van der Waals surface area contributed by atoms with Gasteiger partial charge < -0.3 is 15.3 Å². The average Bonchev–Trinajstić information content (AvgIpc) is 2.82. The van der Waals surface area contributed by atoms with Crippen LogP contribution < -0.4 is 5.32 Å². The maximum Gasteiger partial charge on any atom is 0.225 e. The highest BCUT2D eigenvalue weighted by Gasteiger charge is 2.34. The fraction of sp³-hybridized carbons (Fsp3) is 0.500. The Morgan fingerprint density at radius 3 is 2.71 bits per heavy atom. The van der Waals surface area contributed by atoms with E-state index in [9.17, 15) is 9.59 Å². The highest BCUT2D eigenvalue weighted by Crippen LogP contribution is 2.20. The van der Waals surface area contributed by atoms with Gasteiger partial charge in [-0.3, -0.25) is 9.59 Å². The van der Waals surface area contributed by atoms with Crippen LogP contribution in [0.1, 0.15) is 24.5 Å². The lowest BCUT2D eigenvalue weighted by Gasteiger charge is -2.18. The number of carbonyl (C=O) groups excluding carboxylic acids is 2. The Balaban J connectivity index is 1.93. The van der Waals surface area contributed by atoms with Crippen molar-refractivity contribution in [1.29, 1.82) is 0 Å². The fourth-order valence-electron chi connectivity index (χ4n) is 2.42. The summed E-state index contributed by atoms with van der Waals surface area (Å²) in [5, 5.41) is 11.7. The molecule has 114 valence electrons. The van der Waals surface area contributed by atoms with Gasteiger partial charge in [-0.15, -0.1) is 0 Å². The second-order valence-electron chi connectivity index (χ2n) is 5.75. The minimum Gasteiger partial charge on any atom is -0.394 e. The molecule has 0 aliphatic carbocycles. The molecule has 2 unspecified atom stereocenters. The minimum absolute atomic E-state index is 0.00683. The number of amides is 2. The van der Waals surface area contributed by atoms with Crippen molar-refractivity contribution in [3.8, 4) is 0 Å². The Kier molecular flexibility index (Phi) is 4.96. The van der Waals surface area contributed by atoms with Gasteiger partial charge >= 0.3 is 0 Å². The van der Waals surface area contributed by atoms with Crippen molar-refractivity contribution >= 4 is 11.8 Å². The van der Waals surface area contributed by atoms with Gasteiger partial charge in [-0.2, -0.15) is 0 Å². The molecule has 0 spiro atoms. The number of rotatable bonds is 5.